The molecule has 0 spiro atoms. The number of thiazole rings is 1. The van der Waals surface area contributed by atoms with Gasteiger partial charge in [-0.05, 0) is 32.0 Å². The summed E-state index contributed by atoms with van der Waals surface area (Å²) in [6, 6.07) is 7.04. The zero-order valence-corrected chi connectivity index (χ0v) is 12.6. The van der Waals surface area contributed by atoms with E-state index in [4.69, 9.17) is 10.00 Å². The van der Waals surface area contributed by atoms with E-state index in [0.29, 0.717) is 17.9 Å². The number of nitriles is 1. The molecule has 0 saturated carbocycles. The lowest BCUT2D eigenvalue weighted by Gasteiger charge is -2.05. The molecule has 0 amide bonds. The zero-order chi connectivity index (χ0) is 14.8. The average molecular weight is 311 g/mol. The van der Waals surface area contributed by atoms with Gasteiger partial charge in [-0.25, -0.2) is 13.4 Å². The van der Waals surface area contributed by atoms with E-state index in [9.17, 15) is 8.42 Å². The Morgan fingerprint density at radius 3 is 2.95 bits per heavy atom. The van der Waals surface area contributed by atoms with Gasteiger partial charge in [0.15, 0.2) is 10.4 Å². The number of hydrogen-bond acceptors (Lipinski definition) is 6. The molecule has 0 aliphatic heterocycles. The van der Waals surface area contributed by atoms with E-state index in [1.54, 1.807) is 18.2 Å². The van der Waals surface area contributed by atoms with E-state index in [2.05, 4.69) is 9.71 Å². The van der Waals surface area contributed by atoms with Gasteiger partial charge in [-0.1, -0.05) is 11.3 Å². The third-order valence-electron chi connectivity index (χ3n) is 2.55. The number of anilines is 1. The SMILES string of the molecule is CCOc1ccc2nc(NS(=O)(=O)C(C)C#N)sc2c1. The van der Waals surface area contributed by atoms with Crippen molar-refractivity contribution in [2.24, 2.45) is 0 Å². The fraction of sp³-hybridized carbons (Fsp3) is 0.333. The number of ether oxygens (including phenoxy) is 1. The van der Waals surface area contributed by atoms with Crippen LogP contribution in [0.1, 0.15) is 13.8 Å². The first-order valence-corrected chi connectivity index (χ1v) is 8.27. The molecule has 0 bridgehead atoms. The monoisotopic (exact) mass is 311 g/mol. The van der Waals surface area contributed by atoms with Crippen molar-refractivity contribution in [2.75, 3.05) is 11.3 Å². The molecule has 0 aliphatic rings. The summed E-state index contributed by atoms with van der Waals surface area (Å²) in [5, 5.41) is 7.80. The maximum absolute atomic E-state index is 11.8. The molecule has 0 saturated heterocycles. The molecular weight excluding hydrogens is 298 g/mol. The summed E-state index contributed by atoms with van der Waals surface area (Å²) >= 11 is 1.20. The van der Waals surface area contributed by atoms with Crippen molar-refractivity contribution >= 4 is 36.7 Å². The number of fused-ring (bicyclic) bond motifs is 1. The van der Waals surface area contributed by atoms with Crippen LogP contribution < -0.4 is 9.46 Å². The molecule has 1 unspecified atom stereocenters. The molecule has 1 N–H and O–H groups in total. The van der Waals surface area contributed by atoms with Crippen LogP contribution in [0.5, 0.6) is 5.75 Å². The van der Waals surface area contributed by atoms with Crippen LogP contribution in [0.3, 0.4) is 0 Å². The quantitative estimate of drug-likeness (QED) is 0.915. The fourth-order valence-corrected chi connectivity index (χ4v) is 3.35. The van der Waals surface area contributed by atoms with Crippen molar-refractivity contribution in [1.29, 1.82) is 5.26 Å². The number of rotatable bonds is 5. The highest BCUT2D eigenvalue weighted by atomic mass is 32.2. The van der Waals surface area contributed by atoms with Crippen LogP contribution in [-0.4, -0.2) is 25.3 Å². The number of aromatic nitrogens is 1. The van der Waals surface area contributed by atoms with Gasteiger partial charge in [-0.3, -0.25) is 4.72 Å². The van der Waals surface area contributed by atoms with E-state index < -0.39 is 15.3 Å². The molecule has 1 aromatic carbocycles. The lowest BCUT2D eigenvalue weighted by Crippen LogP contribution is -2.23. The Balaban J connectivity index is 2.31. The van der Waals surface area contributed by atoms with Crippen LogP contribution in [0, 0.1) is 11.3 Å². The topological polar surface area (TPSA) is 92.1 Å². The van der Waals surface area contributed by atoms with Gasteiger partial charge in [0, 0.05) is 0 Å². The minimum Gasteiger partial charge on any atom is -0.494 e. The first-order chi connectivity index (χ1) is 9.46. The molecule has 1 heterocycles. The number of benzene rings is 1. The summed E-state index contributed by atoms with van der Waals surface area (Å²) in [5.74, 6) is 0.712. The summed E-state index contributed by atoms with van der Waals surface area (Å²) < 4.78 is 32.1. The number of nitrogens with zero attached hydrogens (tertiary/aromatic N) is 2. The standard InChI is InChI=1S/C12H13N3O3S2/c1-3-18-9-4-5-10-11(6-9)19-12(14-10)15-20(16,17)8(2)7-13/h4-6,8H,3H2,1-2H3,(H,14,15). The zero-order valence-electron chi connectivity index (χ0n) is 11.0. The second-order valence-electron chi connectivity index (χ2n) is 4.00. The predicted molar refractivity (Wildman–Crippen MR) is 78.4 cm³/mol. The van der Waals surface area contributed by atoms with Crippen molar-refractivity contribution in [3.63, 3.8) is 0 Å². The van der Waals surface area contributed by atoms with Crippen molar-refractivity contribution in [3.8, 4) is 11.8 Å². The maximum Gasteiger partial charge on any atom is 0.250 e. The molecule has 0 fully saturated rings. The Hall–Kier alpha value is -1.85. The Morgan fingerprint density at radius 1 is 1.55 bits per heavy atom. The summed E-state index contributed by atoms with van der Waals surface area (Å²) in [4.78, 5) is 4.18. The van der Waals surface area contributed by atoms with Crippen molar-refractivity contribution in [3.05, 3.63) is 18.2 Å². The molecule has 0 radical (unpaired) electrons. The first-order valence-electron chi connectivity index (χ1n) is 5.91. The summed E-state index contributed by atoms with van der Waals surface area (Å²) in [6.45, 7) is 3.77. The largest absolute Gasteiger partial charge is 0.494 e. The molecule has 1 aromatic heterocycles. The second kappa shape index (κ2) is 5.64. The summed E-state index contributed by atoms with van der Waals surface area (Å²) in [5.41, 5.74) is 0.681. The van der Waals surface area contributed by atoms with Crippen molar-refractivity contribution in [2.45, 2.75) is 19.1 Å². The summed E-state index contributed by atoms with van der Waals surface area (Å²) in [7, 11) is -3.73. The Morgan fingerprint density at radius 2 is 2.30 bits per heavy atom. The van der Waals surface area contributed by atoms with Gasteiger partial charge in [-0.2, -0.15) is 5.26 Å². The van der Waals surface area contributed by atoms with Crippen LogP contribution in [0.25, 0.3) is 10.2 Å². The first kappa shape index (κ1) is 14.6. The van der Waals surface area contributed by atoms with Gasteiger partial charge in [-0.15, -0.1) is 0 Å². The van der Waals surface area contributed by atoms with E-state index in [0.717, 1.165) is 4.70 Å². The van der Waals surface area contributed by atoms with E-state index in [-0.39, 0.29) is 5.13 Å². The molecule has 106 valence electrons. The third kappa shape index (κ3) is 3.00. The lowest BCUT2D eigenvalue weighted by molar-refractivity contribution is 0.341. The molecule has 2 aromatic rings. The average Bonchev–Trinajstić information content (AvgIpc) is 2.78. The van der Waals surface area contributed by atoms with Gasteiger partial charge >= 0.3 is 0 Å². The maximum atomic E-state index is 11.8. The van der Waals surface area contributed by atoms with Gasteiger partial charge in [0.05, 0.1) is 22.9 Å². The molecule has 2 rings (SSSR count). The second-order valence-corrected chi connectivity index (χ2v) is 7.03. The van der Waals surface area contributed by atoms with Gasteiger partial charge in [0.1, 0.15) is 5.75 Å². The Labute approximate surface area is 121 Å². The number of sulfonamides is 1. The van der Waals surface area contributed by atoms with Crippen LogP contribution in [0.15, 0.2) is 18.2 Å². The summed E-state index contributed by atoms with van der Waals surface area (Å²) in [6.07, 6.45) is 0. The van der Waals surface area contributed by atoms with Crippen molar-refractivity contribution in [1.82, 2.24) is 4.98 Å². The van der Waals surface area contributed by atoms with Crippen LogP contribution in [-0.2, 0) is 10.0 Å². The van der Waals surface area contributed by atoms with Gasteiger partial charge in [0.25, 0.3) is 10.0 Å². The molecule has 0 aliphatic carbocycles. The van der Waals surface area contributed by atoms with Crippen LogP contribution in [0.4, 0.5) is 5.13 Å². The van der Waals surface area contributed by atoms with E-state index in [1.165, 1.54) is 18.3 Å². The van der Waals surface area contributed by atoms with Gasteiger partial charge < -0.3 is 4.74 Å². The minimum atomic E-state index is -3.73. The number of nitrogens with one attached hydrogen (secondary N) is 1. The van der Waals surface area contributed by atoms with Crippen LogP contribution >= 0.6 is 11.3 Å². The molecule has 8 heteroatoms. The number of hydrogen-bond donors (Lipinski definition) is 1. The minimum absolute atomic E-state index is 0.246. The highest BCUT2D eigenvalue weighted by Gasteiger charge is 2.21. The molecule has 20 heavy (non-hydrogen) atoms. The third-order valence-corrected chi connectivity index (χ3v) is 5.12. The lowest BCUT2D eigenvalue weighted by atomic mass is 10.3. The smallest absolute Gasteiger partial charge is 0.250 e. The van der Waals surface area contributed by atoms with Gasteiger partial charge in [0.2, 0.25) is 0 Å². The molecule has 6 nitrogen and oxygen atoms in total. The van der Waals surface area contributed by atoms with Crippen LogP contribution in [0.2, 0.25) is 0 Å². The molecular formula is C12H13N3O3S2. The fourth-order valence-electron chi connectivity index (χ4n) is 1.48. The van der Waals surface area contributed by atoms with E-state index >= 15 is 0 Å². The van der Waals surface area contributed by atoms with E-state index in [1.807, 2.05) is 13.0 Å². The normalized spacial score (nSPS) is 12.8. The Bertz CT molecular complexity index is 762. The highest BCUT2D eigenvalue weighted by Crippen LogP contribution is 2.30. The predicted octanol–water partition coefficient (Wildman–Crippen LogP) is 2.35. The Kier molecular flexibility index (Phi) is 4.11. The highest BCUT2D eigenvalue weighted by molar-refractivity contribution is 7.93. The van der Waals surface area contributed by atoms with Crippen molar-refractivity contribution < 1.29 is 13.2 Å². The molecule has 1 atom stereocenters.